The highest BCUT2D eigenvalue weighted by molar-refractivity contribution is 5.91. The maximum Gasteiger partial charge on any atom is 0.273 e. The lowest BCUT2D eigenvalue weighted by atomic mass is 9.91. The van der Waals surface area contributed by atoms with Crippen LogP contribution in [-0.4, -0.2) is 54.0 Å². The molecule has 0 bridgehead atoms. The van der Waals surface area contributed by atoms with Crippen molar-refractivity contribution in [3.63, 3.8) is 0 Å². The Morgan fingerprint density at radius 3 is 2.72 bits per heavy atom. The Labute approximate surface area is 184 Å². The third kappa shape index (κ3) is 2.80. The van der Waals surface area contributed by atoms with Crippen LogP contribution in [0, 0.1) is 0 Å². The topological polar surface area (TPSA) is 81.2 Å². The molecule has 1 amide bonds. The van der Waals surface area contributed by atoms with Gasteiger partial charge >= 0.3 is 0 Å². The number of fused-ring (bicyclic) bond motifs is 2. The van der Waals surface area contributed by atoms with Crippen molar-refractivity contribution in [2.75, 3.05) is 14.1 Å². The Morgan fingerprint density at radius 2 is 1.91 bits per heavy atom. The van der Waals surface area contributed by atoms with Crippen LogP contribution in [0.25, 0.3) is 22.4 Å². The first-order valence-electron chi connectivity index (χ1n) is 10.5. The second-order valence-electron chi connectivity index (χ2n) is 8.46. The molecule has 1 aromatic carbocycles. The number of benzene rings is 1. The molecule has 4 heterocycles. The number of rotatable bonds is 4. The van der Waals surface area contributed by atoms with Crippen LogP contribution in [0.3, 0.4) is 0 Å². The lowest BCUT2D eigenvalue weighted by molar-refractivity contribution is 0.0821. The lowest BCUT2D eigenvalue weighted by Crippen LogP contribution is -2.22. The molecule has 0 aliphatic heterocycles. The molecule has 0 unspecified atom stereocenters. The van der Waals surface area contributed by atoms with Crippen LogP contribution in [0.1, 0.15) is 34.6 Å². The summed E-state index contributed by atoms with van der Waals surface area (Å²) in [5.41, 5.74) is 4.46. The summed E-state index contributed by atoms with van der Waals surface area (Å²) in [5, 5.41) is 5.57. The molecule has 8 heteroatoms. The fourth-order valence-electron chi connectivity index (χ4n) is 4.34. The average Bonchev–Trinajstić information content (AvgIpc) is 3.27. The van der Waals surface area contributed by atoms with Crippen LogP contribution in [0.2, 0.25) is 0 Å². The summed E-state index contributed by atoms with van der Waals surface area (Å²) in [6.45, 7) is 0. The van der Waals surface area contributed by atoms with Crippen molar-refractivity contribution >= 4 is 22.6 Å². The number of hydrogen-bond acceptors (Lipinski definition) is 5. The number of aromatic nitrogens is 6. The van der Waals surface area contributed by atoms with E-state index in [1.54, 1.807) is 37.2 Å². The maximum absolute atomic E-state index is 12.2. The van der Waals surface area contributed by atoms with E-state index >= 15 is 0 Å². The summed E-state index contributed by atoms with van der Waals surface area (Å²) in [7, 11) is 3.43. The molecule has 0 spiro atoms. The van der Waals surface area contributed by atoms with Gasteiger partial charge < -0.3 is 4.90 Å². The van der Waals surface area contributed by atoms with Gasteiger partial charge in [0.05, 0.1) is 29.3 Å². The van der Waals surface area contributed by atoms with E-state index in [2.05, 4.69) is 44.3 Å². The van der Waals surface area contributed by atoms with Crippen LogP contribution in [0.15, 0.2) is 67.4 Å². The first-order valence-corrected chi connectivity index (χ1v) is 10.5. The highest BCUT2D eigenvalue weighted by atomic mass is 16.2. The summed E-state index contributed by atoms with van der Waals surface area (Å²) in [5.74, 6) is 0.512. The zero-order valence-corrected chi connectivity index (χ0v) is 17.8. The molecule has 8 nitrogen and oxygen atoms in total. The lowest BCUT2D eigenvalue weighted by Gasteiger charge is -2.16. The SMILES string of the molecule is CN(C)C(=O)c1ccn(-c2cnc3ncc(C4(c5ccc6ncccc6c5)CC4)n3c2)n1. The van der Waals surface area contributed by atoms with Crippen molar-refractivity contribution in [2.24, 2.45) is 0 Å². The Kier molecular flexibility index (Phi) is 3.92. The predicted molar refractivity (Wildman–Crippen MR) is 120 cm³/mol. The summed E-state index contributed by atoms with van der Waals surface area (Å²) >= 11 is 0. The average molecular weight is 423 g/mol. The molecule has 158 valence electrons. The molecule has 5 aromatic rings. The molecule has 32 heavy (non-hydrogen) atoms. The van der Waals surface area contributed by atoms with E-state index in [-0.39, 0.29) is 11.3 Å². The van der Waals surface area contributed by atoms with Crippen LogP contribution in [0.4, 0.5) is 0 Å². The third-order valence-electron chi connectivity index (χ3n) is 6.23. The fourth-order valence-corrected chi connectivity index (χ4v) is 4.34. The number of nitrogens with zero attached hydrogens (tertiary/aromatic N) is 7. The monoisotopic (exact) mass is 423 g/mol. The molecule has 0 saturated heterocycles. The van der Waals surface area contributed by atoms with Gasteiger partial charge in [-0.2, -0.15) is 5.10 Å². The third-order valence-corrected chi connectivity index (χ3v) is 6.23. The van der Waals surface area contributed by atoms with Gasteiger partial charge in [0.15, 0.2) is 5.69 Å². The minimum Gasteiger partial charge on any atom is -0.343 e. The molecule has 1 fully saturated rings. The van der Waals surface area contributed by atoms with E-state index in [1.165, 1.54) is 10.5 Å². The quantitative estimate of drug-likeness (QED) is 0.443. The molecule has 1 aliphatic rings. The highest BCUT2D eigenvalue weighted by Gasteiger charge is 2.48. The van der Waals surface area contributed by atoms with Crippen LogP contribution >= 0.6 is 0 Å². The normalized spacial score (nSPS) is 14.7. The molecule has 0 radical (unpaired) electrons. The number of amides is 1. The molecule has 1 aliphatic carbocycles. The van der Waals surface area contributed by atoms with Gasteiger partial charge in [0.2, 0.25) is 5.78 Å². The van der Waals surface area contributed by atoms with Crippen molar-refractivity contribution in [2.45, 2.75) is 18.3 Å². The molecule has 1 saturated carbocycles. The Morgan fingerprint density at radius 1 is 1.06 bits per heavy atom. The van der Waals surface area contributed by atoms with E-state index in [0.29, 0.717) is 11.5 Å². The summed E-state index contributed by atoms with van der Waals surface area (Å²) in [6.07, 6.45) is 11.4. The molecule has 4 aromatic heterocycles. The van der Waals surface area contributed by atoms with Crippen molar-refractivity contribution in [1.29, 1.82) is 0 Å². The van der Waals surface area contributed by atoms with Crippen molar-refractivity contribution in [3.05, 3.63) is 84.3 Å². The number of hydrogen-bond donors (Lipinski definition) is 0. The van der Waals surface area contributed by atoms with Crippen LogP contribution in [0.5, 0.6) is 0 Å². The summed E-state index contributed by atoms with van der Waals surface area (Å²) < 4.78 is 3.72. The Balaban J connectivity index is 1.43. The smallest absolute Gasteiger partial charge is 0.273 e. The Bertz CT molecular complexity index is 1490. The van der Waals surface area contributed by atoms with E-state index < -0.39 is 0 Å². The highest BCUT2D eigenvalue weighted by Crippen LogP contribution is 2.53. The minimum atomic E-state index is -0.135. The van der Waals surface area contributed by atoms with E-state index in [4.69, 9.17) is 0 Å². The van der Waals surface area contributed by atoms with Gasteiger partial charge in [-0.25, -0.2) is 14.6 Å². The Hall–Kier alpha value is -4.07. The number of pyridine rings is 1. The maximum atomic E-state index is 12.2. The van der Waals surface area contributed by atoms with E-state index in [0.717, 1.165) is 35.1 Å². The second-order valence-corrected chi connectivity index (χ2v) is 8.46. The molecule has 0 N–H and O–H groups in total. The van der Waals surface area contributed by atoms with Gasteiger partial charge in [-0.1, -0.05) is 12.1 Å². The number of imidazole rings is 1. The van der Waals surface area contributed by atoms with Gasteiger partial charge in [-0.3, -0.25) is 14.2 Å². The summed E-state index contributed by atoms with van der Waals surface area (Å²) in [6, 6.07) is 12.3. The van der Waals surface area contributed by atoms with Crippen molar-refractivity contribution in [3.8, 4) is 5.69 Å². The van der Waals surface area contributed by atoms with Gasteiger partial charge in [0.25, 0.3) is 5.91 Å². The van der Waals surface area contributed by atoms with Crippen LogP contribution in [-0.2, 0) is 5.41 Å². The minimum absolute atomic E-state index is 0.0834. The number of carbonyl (C=O) groups is 1. The van der Waals surface area contributed by atoms with Gasteiger partial charge in [0.1, 0.15) is 0 Å². The standard InChI is InChI=1S/C24H21N7O/c1-29(2)22(32)20-7-11-31(28-20)18-13-26-23-27-14-21(30(23)15-18)24(8-9-24)17-5-6-19-16(12-17)4-3-10-25-19/h3-7,10-15H,8-9H2,1-2H3. The first-order chi connectivity index (χ1) is 15.5. The zero-order chi connectivity index (χ0) is 21.9. The van der Waals surface area contributed by atoms with Gasteiger partial charge in [0, 0.05) is 43.5 Å². The zero-order valence-electron chi connectivity index (χ0n) is 17.8. The van der Waals surface area contributed by atoms with Crippen molar-refractivity contribution in [1.82, 2.24) is 34.0 Å². The summed E-state index contributed by atoms with van der Waals surface area (Å²) in [4.78, 5) is 27.3. The predicted octanol–water partition coefficient (Wildman–Crippen LogP) is 3.24. The van der Waals surface area contributed by atoms with Crippen LogP contribution < -0.4 is 0 Å². The number of carbonyl (C=O) groups excluding carboxylic acids is 1. The second kappa shape index (κ2) is 6.71. The van der Waals surface area contributed by atoms with E-state index in [1.807, 2.05) is 29.1 Å². The fraction of sp³-hybridized carbons (Fsp3) is 0.208. The molecular weight excluding hydrogens is 402 g/mol. The van der Waals surface area contributed by atoms with Crippen molar-refractivity contribution < 1.29 is 4.79 Å². The largest absolute Gasteiger partial charge is 0.343 e. The molecule has 6 rings (SSSR count). The van der Waals surface area contributed by atoms with Gasteiger partial charge in [-0.15, -0.1) is 0 Å². The van der Waals surface area contributed by atoms with E-state index in [9.17, 15) is 4.79 Å². The molecule has 0 atom stereocenters. The molecular formula is C24H21N7O. The van der Waals surface area contributed by atoms with Gasteiger partial charge in [-0.05, 0) is 42.7 Å². The first kappa shape index (κ1) is 18.7.